The highest BCUT2D eigenvalue weighted by molar-refractivity contribution is 7.81. The van der Waals surface area contributed by atoms with Crippen LogP contribution in [-0.2, 0) is 21.9 Å². The molecule has 2 N–H and O–H groups in total. The highest BCUT2D eigenvalue weighted by Gasteiger charge is 2.12. The van der Waals surface area contributed by atoms with Gasteiger partial charge in [0.15, 0.2) is 5.75 Å². The first-order valence-corrected chi connectivity index (χ1v) is 4.87. The summed E-state index contributed by atoms with van der Waals surface area (Å²) in [5.74, 6) is 4.66. The van der Waals surface area contributed by atoms with E-state index in [9.17, 15) is 12.3 Å². The summed E-state index contributed by atoms with van der Waals surface area (Å²) in [5.41, 5.74) is 0.344. The second-order valence-electron chi connectivity index (χ2n) is 2.40. The molecule has 0 heterocycles. The van der Waals surface area contributed by atoms with Gasteiger partial charge in [-0.25, -0.2) is 5.90 Å². The van der Waals surface area contributed by atoms with Gasteiger partial charge in [0.1, 0.15) is 0 Å². The first-order valence-electron chi connectivity index (χ1n) is 3.56. The predicted molar refractivity (Wildman–Crippen MR) is 53.3 cm³/mol. The van der Waals surface area contributed by atoms with Gasteiger partial charge in [0.2, 0.25) is 0 Å². The number of hydrogen-bond acceptors (Lipinski definition) is 5. The van der Waals surface area contributed by atoms with Gasteiger partial charge in [0, 0.05) is 5.56 Å². The Morgan fingerprint density at radius 2 is 1.93 bits per heavy atom. The summed E-state index contributed by atoms with van der Waals surface area (Å²) in [6.45, 7) is -0.0638. The van der Waals surface area contributed by atoms with Gasteiger partial charge in [-0.3, -0.25) is 4.84 Å². The Hall–Kier alpha value is -0.890. The van der Waals surface area contributed by atoms with Crippen LogP contribution in [0.25, 0.3) is 0 Å². The standard InChI is InChI=1S/C7H8FNO4S.ClH/c8-14(10,11)13-7-4-2-1-3-6(7)5-12-9;/h1-4H,5,9H2;1H. The fourth-order valence-corrected chi connectivity index (χ4v) is 1.28. The maximum atomic E-state index is 12.2. The van der Waals surface area contributed by atoms with Crippen molar-refractivity contribution in [2.45, 2.75) is 6.61 Å². The van der Waals surface area contributed by atoms with Crippen LogP contribution in [0.2, 0.25) is 0 Å². The first-order chi connectivity index (χ1) is 6.53. The van der Waals surface area contributed by atoms with E-state index >= 15 is 0 Å². The Bertz CT molecular complexity index is 411. The highest BCUT2D eigenvalue weighted by atomic mass is 35.5. The number of halogens is 2. The van der Waals surface area contributed by atoms with Crippen molar-refractivity contribution >= 4 is 22.9 Å². The molecular formula is C7H9ClFNO4S. The van der Waals surface area contributed by atoms with Gasteiger partial charge in [0.05, 0.1) is 6.61 Å². The molecule has 5 nitrogen and oxygen atoms in total. The maximum Gasteiger partial charge on any atom is 0.488 e. The van der Waals surface area contributed by atoms with Crippen molar-refractivity contribution in [3.8, 4) is 5.75 Å². The van der Waals surface area contributed by atoms with Crippen molar-refractivity contribution in [2.24, 2.45) is 5.90 Å². The average molecular weight is 258 g/mol. The van der Waals surface area contributed by atoms with Gasteiger partial charge in [0.25, 0.3) is 0 Å². The predicted octanol–water partition coefficient (Wildman–Crippen LogP) is 1.09. The zero-order valence-electron chi connectivity index (χ0n) is 7.42. The van der Waals surface area contributed by atoms with E-state index in [-0.39, 0.29) is 24.8 Å². The first kappa shape index (κ1) is 14.1. The van der Waals surface area contributed by atoms with E-state index in [1.807, 2.05) is 0 Å². The van der Waals surface area contributed by atoms with Crippen molar-refractivity contribution in [1.29, 1.82) is 0 Å². The lowest BCUT2D eigenvalue weighted by atomic mass is 10.2. The third kappa shape index (κ3) is 4.93. The Morgan fingerprint density at radius 1 is 1.33 bits per heavy atom. The fraction of sp³-hybridized carbons (Fsp3) is 0.143. The molecule has 1 aromatic carbocycles. The van der Waals surface area contributed by atoms with E-state index in [2.05, 4.69) is 9.02 Å². The normalized spacial score (nSPS) is 10.5. The molecule has 0 bridgehead atoms. The number of para-hydroxylation sites is 1. The SMILES string of the molecule is Cl.NOCc1ccccc1OS(=O)(=O)F. The quantitative estimate of drug-likeness (QED) is 0.645. The van der Waals surface area contributed by atoms with E-state index in [0.717, 1.165) is 0 Å². The minimum absolute atomic E-state index is 0. The van der Waals surface area contributed by atoms with E-state index < -0.39 is 10.5 Å². The molecule has 0 saturated carbocycles. The third-order valence-electron chi connectivity index (χ3n) is 1.40. The molecule has 0 amide bonds. The molecule has 0 radical (unpaired) electrons. The zero-order chi connectivity index (χ0) is 10.6. The second kappa shape index (κ2) is 5.86. The van der Waals surface area contributed by atoms with Gasteiger partial charge in [-0.05, 0) is 6.07 Å². The molecule has 86 valence electrons. The maximum absolute atomic E-state index is 12.2. The van der Waals surface area contributed by atoms with Crippen molar-refractivity contribution in [3.63, 3.8) is 0 Å². The lowest BCUT2D eigenvalue weighted by molar-refractivity contribution is 0.123. The van der Waals surface area contributed by atoms with Gasteiger partial charge in [-0.2, -0.15) is 8.42 Å². The van der Waals surface area contributed by atoms with Crippen molar-refractivity contribution < 1.29 is 21.3 Å². The molecule has 1 rings (SSSR count). The molecule has 8 heteroatoms. The van der Waals surface area contributed by atoms with Gasteiger partial charge < -0.3 is 4.18 Å². The molecule has 0 atom stereocenters. The Morgan fingerprint density at radius 3 is 2.47 bits per heavy atom. The highest BCUT2D eigenvalue weighted by Crippen LogP contribution is 2.20. The molecule has 0 aliphatic rings. The number of hydrogen-bond donors (Lipinski definition) is 1. The van der Waals surface area contributed by atoms with Crippen LogP contribution in [-0.4, -0.2) is 8.42 Å². The molecule has 0 aliphatic carbocycles. The molecule has 15 heavy (non-hydrogen) atoms. The van der Waals surface area contributed by atoms with Gasteiger partial charge in [-0.1, -0.05) is 22.1 Å². The van der Waals surface area contributed by atoms with Gasteiger partial charge in [-0.15, -0.1) is 12.4 Å². The van der Waals surface area contributed by atoms with Crippen LogP contribution in [0.15, 0.2) is 24.3 Å². The number of rotatable bonds is 4. The van der Waals surface area contributed by atoms with Crippen LogP contribution in [0.1, 0.15) is 5.56 Å². The average Bonchev–Trinajstić information content (AvgIpc) is 2.06. The second-order valence-corrected chi connectivity index (χ2v) is 3.35. The zero-order valence-corrected chi connectivity index (χ0v) is 9.05. The van der Waals surface area contributed by atoms with Crippen molar-refractivity contribution in [2.75, 3.05) is 0 Å². The van der Waals surface area contributed by atoms with Crippen LogP contribution in [0.5, 0.6) is 5.75 Å². The molecule has 0 aromatic heterocycles. The number of benzene rings is 1. The molecule has 0 fully saturated rings. The summed E-state index contributed by atoms with van der Waals surface area (Å²) in [5, 5.41) is 0. The summed E-state index contributed by atoms with van der Waals surface area (Å²) >= 11 is 0. The lowest BCUT2D eigenvalue weighted by Gasteiger charge is -2.05. The smallest absolute Gasteiger partial charge is 0.358 e. The molecule has 0 aliphatic heterocycles. The summed E-state index contributed by atoms with van der Waals surface area (Å²) in [7, 11) is -5.01. The summed E-state index contributed by atoms with van der Waals surface area (Å²) in [6.07, 6.45) is 0. The van der Waals surface area contributed by atoms with E-state index in [0.29, 0.717) is 5.56 Å². The summed E-state index contributed by atoms with van der Waals surface area (Å²) in [4.78, 5) is 4.29. The minimum atomic E-state index is -5.01. The number of nitrogens with two attached hydrogens (primary N) is 1. The van der Waals surface area contributed by atoms with Crippen LogP contribution in [0, 0.1) is 0 Å². The van der Waals surface area contributed by atoms with Gasteiger partial charge >= 0.3 is 10.5 Å². The fourth-order valence-electron chi connectivity index (χ4n) is 0.901. The minimum Gasteiger partial charge on any atom is -0.358 e. The Kier molecular flexibility index (Phi) is 5.51. The summed E-state index contributed by atoms with van der Waals surface area (Å²) < 4.78 is 36.6. The monoisotopic (exact) mass is 257 g/mol. The largest absolute Gasteiger partial charge is 0.488 e. The van der Waals surface area contributed by atoms with E-state index in [1.165, 1.54) is 18.2 Å². The van der Waals surface area contributed by atoms with E-state index in [4.69, 9.17) is 5.90 Å². The Labute approximate surface area is 92.8 Å². The van der Waals surface area contributed by atoms with Crippen LogP contribution in [0.4, 0.5) is 3.89 Å². The van der Waals surface area contributed by atoms with Crippen LogP contribution >= 0.6 is 12.4 Å². The molecule has 1 aromatic rings. The topological polar surface area (TPSA) is 78.6 Å². The lowest BCUT2D eigenvalue weighted by Crippen LogP contribution is -2.06. The molecule has 0 saturated heterocycles. The van der Waals surface area contributed by atoms with Crippen LogP contribution < -0.4 is 10.1 Å². The van der Waals surface area contributed by atoms with Crippen LogP contribution in [0.3, 0.4) is 0 Å². The molecular weight excluding hydrogens is 249 g/mol. The van der Waals surface area contributed by atoms with Crippen molar-refractivity contribution in [1.82, 2.24) is 0 Å². The molecule has 0 unspecified atom stereocenters. The Balaban J connectivity index is 0.00000196. The van der Waals surface area contributed by atoms with Crippen molar-refractivity contribution in [3.05, 3.63) is 29.8 Å². The van der Waals surface area contributed by atoms with E-state index in [1.54, 1.807) is 6.07 Å². The third-order valence-corrected chi connectivity index (χ3v) is 1.78. The molecule has 0 spiro atoms. The summed E-state index contributed by atoms with van der Waals surface area (Å²) in [6, 6.07) is 5.92.